The second-order valence-electron chi connectivity index (χ2n) is 6.23. The molecule has 5 heteroatoms. The van der Waals surface area contributed by atoms with E-state index in [1.807, 2.05) is 24.3 Å². The summed E-state index contributed by atoms with van der Waals surface area (Å²) in [6.45, 7) is 6.57. The first-order valence-electron chi connectivity index (χ1n) is 7.03. The lowest BCUT2D eigenvalue weighted by molar-refractivity contribution is 0.579. The molecular formula is C17H20FNO2S. The Labute approximate surface area is 131 Å². The maximum atomic E-state index is 12.8. The van der Waals surface area contributed by atoms with Crippen molar-refractivity contribution in [3.63, 3.8) is 0 Å². The van der Waals surface area contributed by atoms with Crippen molar-refractivity contribution in [1.29, 1.82) is 0 Å². The lowest BCUT2D eigenvalue weighted by Crippen LogP contribution is -2.23. The van der Waals surface area contributed by atoms with Crippen molar-refractivity contribution in [2.75, 3.05) is 0 Å². The van der Waals surface area contributed by atoms with Gasteiger partial charge >= 0.3 is 0 Å². The minimum atomic E-state index is -3.63. The molecule has 0 saturated heterocycles. The Bertz CT molecular complexity index is 730. The van der Waals surface area contributed by atoms with Gasteiger partial charge in [-0.1, -0.05) is 45.0 Å². The molecule has 2 aromatic carbocycles. The van der Waals surface area contributed by atoms with E-state index in [2.05, 4.69) is 25.5 Å². The van der Waals surface area contributed by atoms with Crippen LogP contribution < -0.4 is 4.72 Å². The van der Waals surface area contributed by atoms with Gasteiger partial charge in [0.05, 0.1) is 4.90 Å². The van der Waals surface area contributed by atoms with Gasteiger partial charge in [0.25, 0.3) is 0 Å². The summed E-state index contributed by atoms with van der Waals surface area (Å²) in [6, 6.07) is 12.6. The van der Waals surface area contributed by atoms with E-state index in [1.54, 1.807) is 0 Å². The number of benzene rings is 2. The Morgan fingerprint density at radius 3 is 2.00 bits per heavy atom. The highest BCUT2D eigenvalue weighted by atomic mass is 32.2. The Morgan fingerprint density at radius 2 is 1.50 bits per heavy atom. The number of hydrogen-bond donors (Lipinski definition) is 1. The second-order valence-corrected chi connectivity index (χ2v) is 7.99. The molecule has 0 spiro atoms. The van der Waals surface area contributed by atoms with Crippen LogP contribution in [0, 0.1) is 5.82 Å². The molecule has 0 aromatic heterocycles. The maximum absolute atomic E-state index is 12.8. The monoisotopic (exact) mass is 321 g/mol. The van der Waals surface area contributed by atoms with E-state index in [9.17, 15) is 12.8 Å². The van der Waals surface area contributed by atoms with E-state index in [4.69, 9.17) is 0 Å². The van der Waals surface area contributed by atoms with Gasteiger partial charge < -0.3 is 0 Å². The summed E-state index contributed by atoms with van der Waals surface area (Å²) < 4.78 is 39.6. The van der Waals surface area contributed by atoms with E-state index in [0.29, 0.717) is 0 Å². The standard InChI is InChI=1S/C17H20FNO2S/c1-17(2,3)14-6-4-13(5-7-14)12-19-22(20,21)16-10-8-15(18)9-11-16/h4-11,19H,12H2,1-3H3. The lowest BCUT2D eigenvalue weighted by atomic mass is 9.87. The first-order valence-corrected chi connectivity index (χ1v) is 8.51. The van der Waals surface area contributed by atoms with Crippen LogP contribution in [0.3, 0.4) is 0 Å². The normalized spacial score (nSPS) is 12.4. The summed E-state index contributed by atoms with van der Waals surface area (Å²) in [5, 5.41) is 0. The summed E-state index contributed by atoms with van der Waals surface area (Å²) in [6.07, 6.45) is 0. The van der Waals surface area contributed by atoms with Gasteiger partial charge in [-0.2, -0.15) is 0 Å². The molecule has 0 unspecified atom stereocenters. The average molecular weight is 321 g/mol. The molecule has 0 aliphatic heterocycles. The van der Waals surface area contributed by atoms with Gasteiger partial charge in [-0.3, -0.25) is 0 Å². The molecule has 2 rings (SSSR count). The van der Waals surface area contributed by atoms with Crippen molar-refractivity contribution in [2.24, 2.45) is 0 Å². The average Bonchev–Trinajstić information content (AvgIpc) is 2.45. The first kappa shape index (κ1) is 16.6. The number of hydrogen-bond acceptors (Lipinski definition) is 2. The molecule has 2 aromatic rings. The van der Waals surface area contributed by atoms with E-state index in [1.165, 1.54) is 17.7 Å². The van der Waals surface area contributed by atoms with E-state index >= 15 is 0 Å². The molecule has 0 heterocycles. The van der Waals surface area contributed by atoms with Crippen LogP contribution in [-0.4, -0.2) is 8.42 Å². The molecule has 118 valence electrons. The summed E-state index contributed by atoms with van der Waals surface area (Å²) in [5.74, 6) is -0.461. The predicted octanol–water partition coefficient (Wildman–Crippen LogP) is 3.60. The highest BCUT2D eigenvalue weighted by Gasteiger charge is 2.15. The molecule has 0 atom stereocenters. The smallest absolute Gasteiger partial charge is 0.207 e. The molecule has 1 N–H and O–H groups in total. The zero-order valence-corrected chi connectivity index (χ0v) is 13.7. The topological polar surface area (TPSA) is 46.2 Å². The molecule has 3 nitrogen and oxygen atoms in total. The second kappa shape index (κ2) is 6.18. The van der Waals surface area contributed by atoms with E-state index in [0.717, 1.165) is 17.7 Å². The Balaban J connectivity index is 2.07. The van der Waals surface area contributed by atoms with Gasteiger partial charge in [-0.05, 0) is 40.8 Å². The molecular weight excluding hydrogens is 301 g/mol. The highest BCUT2D eigenvalue weighted by Crippen LogP contribution is 2.22. The van der Waals surface area contributed by atoms with Crippen molar-refractivity contribution in [2.45, 2.75) is 37.6 Å². The summed E-state index contributed by atoms with van der Waals surface area (Å²) in [5.41, 5.74) is 2.13. The quantitative estimate of drug-likeness (QED) is 0.935. The maximum Gasteiger partial charge on any atom is 0.240 e. The Kier molecular flexibility index (Phi) is 4.68. The van der Waals surface area contributed by atoms with Crippen molar-refractivity contribution >= 4 is 10.0 Å². The first-order chi connectivity index (χ1) is 10.2. The van der Waals surface area contributed by atoms with Gasteiger partial charge in [0.2, 0.25) is 10.0 Å². The third-order valence-electron chi connectivity index (χ3n) is 3.41. The van der Waals surface area contributed by atoms with Crippen LogP contribution in [0.25, 0.3) is 0 Å². The molecule has 0 saturated carbocycles. The molecule has 22 heavy (non-hydrogen) atoms. The van der Waals surface area contributed by atoms with Gasteiger partial charge in [-0.15, -0.1) is 0 Å². The fraction of sp³-hybridized carbons (Fsp3) is 0.294. The van der Waals surface area contributed by atoms with Gasteiger partial charge in [0.1, 0.15) is 5.82 Å². The summed E-state index contributed by atoms with van der Waals surface area (Å²) in [7, 11) is -3.63. The number of halogens is 1. The SMILES string of the molecule is CC(C)(C)c1ccc(CNS(=O)(=O)c2ccc(F)cc2)cc1. The molecule has 0 radical (unpaired) electrons. The third kappa shape index (κ3) is 4.15. The molecule has 0 fully saturated rings. The van der Waals surface area contributed by atoms with Crippen molar-refractivity contribution in [3.8, 4) is 0 Å². The molecule has 0 bridgehead atoms. The summed E-state index contributed by atoms with van der Waals surface area (Å²) >= 11 is 0. The third-order valence-corrected chi connectivity index (χ3v) is 4.83. The number of nitrogens with one attached hydrogen (secondary N) is 1. The molecule has 0 amide bonds. The van der Waals surface area contributed by atoms with Crippen LogP contribution in [0.2, 0.25) is 0 Å². The Morgan fingerprint density at radius 1 is 0.955 bits per heavy atom. The fourth-order valence-electron chi connectivity index (χ4n) is 2.00. The predicted molar refractivity (Wildman–Crippen MR) is 85.6 cm³/mol. The van der Waals surface area contributed by atoms with Gasteiger partial charge in [0.15, 0.2) is 0 Å². The lowest BCUT2D eigenvalue weighted by Gasteiger charge is -2.19. The van der Waals surface area contributed by atoms with Crippen LogP contribution >= 0.6 is 0 Å². The van der Waals surface area contributed by atoms with E-state index in [-0.39, 0.29) is 16.9 Å². The minimum Gasteiger partial charge on any atom is -0.207 e. The Hall–Kier alpha value is -1.72. The summed E-state index contributed by atoms with van der Waals surface area (Å²) in [4.78, 5) is 0.0558. The van der Waals surface area contributed by atoms with Crippen LogP contribution in [0.15, 0.2) is 53.4 Å². The minimum absolute atomic E-state index is 0.0558. The van der Waals surface area contributed by atoms with Crippen molar-refractivity contribution < 1.29 is 12.8 Å². The largest absolute Gasteiger partial charge is 0.240 e. The van der Waals surface area contributed by atoms with E-state index < -0.39 is 15.8 Å². The van der Waals surface area contributed by atoms with Gasteiger partial charge in [0, 0.05) is 6.54 Å². The molecule has 0 aliphatic carbocycles. The highest BCUT2D eigenvalue weighted by molar-refractivity contribution is 7.89. The van der Waals surface area contributed by atoms with Crippen LogP contribution in [0.1, 0.15) is 31.9 Å². The number of sulfonamides is 1. The zero-order valence-electron chi connectivity index (χ0n) is 12.9. The number of rotatable bonds is 4. The molecule has 0 aliphatic rings. The van der Waals surface area contributed by atoms with Crippen LogP contribution in [-0.2, 0) is 22.0 Å². The van der Waals surface area contributed by atoms with Crippen molar-refractivity contribution in [1.82, 2.24) is 4.72 Å². The fourth-order valence-corrected chi connectivity index (χ4v) is 3.02. The van der Waals surface area contributed by atoms with Crippen LogP contribution in [0.5, 0.6) is 0 Å². The van der Waals surface area contributed by atoms with Crippen molar-refractivity contribution in [3.05, 3.63) is 65.5 Å². The van der Waals surface area contributed by atoms with Crippen LogP contribution in [0.4, 0.5) is 4.39 Å². The van der Waals surface area contributed by atoms with Gasteiger partial charge in [-0.25, -0.2) is 17.5 Å². The zero-order chi connectivity index (χ0) is 16.4.